The molecule has 0 spiro atoms. The average Bonchev–Trinajstić information content (AvgIpc) is 2.93. The zero-order valence-corrected chi connectivity index (χ0v) is 10.4. The van der Waals surface area contributed by atoms with Gasteiger partial charge in [-0.2, -0.15) is 0 Å². The predicted molar refractivity (Wildman–Crippen MR) is 66.3 cm³/mol. The van der Waals surface area contributed by atoms with Gasteiger partial charge in [0, 0.05) is 30.1 Å². The SMILES string of the molecule is CNCC(C)N(Cc1cccs1)C1CC1. The van der Waals surface area contributed by atoms with Crippen molar-refractivity contribution in [3.8, 4) is 0 Å². The van der Waals surface area contributed by atoms with E-state index in [9.17, 15) is 0 Å². The molecule has 2 nitrogen and oxygen atoms in total. The van der Waals surface area contributed by atoms with Gasteiger partial charge in [-0.1, -0.05) is 6.07 Å². The number of thiophene rings is 1. The lowest BCUT2D eigenvalue weighted by atomic mass is 10.2. The van der Waals surface area contributed by atoms with Crippen LogP contribution in [-0.4, -0.2) is 30.6 Å². The van der Waals surface area contributed by atoms with Crippen LogP contribution in [0.1, 0.15) is 24.6 Å². The molecular formula is C12H20N2S. The van der Waals surface area contributed by atoms with Crippen molar-refractivity contribution in [1.29, 1.82) is 0 Å². The number of rotatable bonds is 6. The Kier molecular flexibility index (Phi) is 3.78. The molecule has 2 rings (SSSR count). The van der Waals surface area contributed by atoms with Crippen molar-refractivity contribution in [2.24, 2.45) is 0 Å². The third-order valence-corrected chi connectivity index (χ3v) is 3.86. The van der Waals surface area contributed by atoms with Crippen LogP contribution in [0.15, 0.2) is 17.5 Å². The molecule has 1 aromatic rings. The summed E-state index contributed by atoms with van der Waals surface area (Å²) in [4.78, 5) is 4.13. The first-order chi connectivity index (χ1) is 7.31. The molecule has 1 N–H and O–H groups in total. The molecule has 1 aliphatic rings. The fourth-order valence-corrected chi connectivity index (χ4v) is 2.76. The van der Waals surface area contributed by atoms with Crippen molar-refractivity contribution in [3.05, 3.63) is 22.4 Å². The van der Waals surface area contributed by atoms with E-state index in [1.54, 1.807) is 0 Å². The van der Waals surface area contributed by atoms with E-state index in [2.05, 4.69) is 34.7 Å². The fourth-order valence-electron chi connectivity index (χ4n) is 2.05. The molecule has 84 valence electrons. The van der Waals surface area contributed by atoms with E-state index in [4.69, 9.17) is 0 Å². The maximum Gasteiger partial charge on any atom is 0.0334 e. The second-order valence-corrected chi connectivity index (χ2v) is 5.42. The molecule has 0 radical (unpaired) electrons. The van der Waals surface area contributed by atoms with E-state index in [-0.39, 0.29) is 0 Å². The summed E-state index contributed by atoms with van der Waals surface area (Å²) in [7, 11) is 2.03. The van der Waals surface area contributed by atoms with Gasteiger partial charge in [0.25, 0.3) is 0 Å². The molecule has 0 aliphatic heterocycles. The maximum absolute atomic E-state index is 3.27. The quantitative estimate of drug-likeness (QED) is 0.798. The zero-order chi connectivity index (χ0) is 10.7. The summed E-state index contributed by atoms with van der Waals surface area (Å²) >= 11 is 1.87. The minimum Gasteiger partial charge on any atom is -0.318 e. The highest BCUT2D eigenvalue weighted by molar-refractivity contribution is 7.09. The van der Waals surface area contributed by atoms with Crippen molar-refractivity contribution in [1.82, 2.24) is 10.2 Å². The second kappa shape index (κ2) is 5.10. The van der Waals surface area contributed by atoms with Crippen molar-refractivity contribution in [2.75, 3.05) is 13.6 Å². The number of hydrogen-bond acceptors (Lipinski definition) is 3. The van der Waals surface area contributed by atoms with Crippen molar-refractivity contribution in [3.63, 3.8) is 0 Å². The van der Waals surface area contributed by atoms with Gasteiger partial charge in [0.2, 0.25) is 0 Å². The minimum atomic E-state index is 0.643. The summed E-state index contributed by atoms with van der Waals surface area (Å²) in [5.41, 5.74) is 0. The summed E-state index contributed by atoms with van der Waals surface area (Å²) < 4.78 is 0. The highest BCUT2D eigenvalue weighted by Gasteiger charge is 2.31. The predicted octanol–water partition coefficient (Wildman–Crippen LogP) is 2.32. The normalized spacial score (nSPS) is 18.3. The highest BCUT2D eigenvalue weighted by atomic mass is 32.1. The Hall–Kier alpha value is -0.380. The Balaban J connectivity index is 1.94. The first-order valence-electron chi connectivity index (χ1n) is 5.74. The summed E-state index contributed by atoms with van der Waals surface area (Å²) in [6.45, 7) is 4.54. The molecule has 1 heterocycles. The van der Waals surface area contributed by atoms with Crippen molar-refractivity contribution >= 4 is 11.3 Å². The molecule has 0 bridgehead atoms. The van der Waals surface area contributed by atoms with Gasteiger partial charge in [-0.25, -0.2) is 0 Å². The smallest absolute Gasteiger partial charge is 0.0334 e. The summed E-state index contributed by atoms with van der Waals surface area (Å²) in [6, 6.07) is 5.88. The van der Waals surface area contributed by atoms with Crippen molar-refractivity contribution in [2.45, 2.75) is 38.4 Å². The zero-order valence-electron chi connectivity index (χ0n) is 9.57. The lowest BCUT2D eigenvalue weighted by Gasteiger charge is -2.28. The van der Waals surface area contributed by atoms with E-state index in [0.717, 1.165) is 19.1 Å². The highest BCUT2D eigenvalue weighted by Crippen LogP contribution is 2.30. The summed E-state index contributed by atoms with van der Waals surface area (Å²) in [5.74, 6) is 0. The molecule has 1 unspecified atom stereocenters. The van der Waals surface area contributed by atoms with Crippen LogP contribution in [-0.2, 0) is 6.54 Å². The van der Waals surface area contributed by atoms with Gasteiger partial charge in [-0.15, -0.1) is 11.3 Å². The molecule has 1 atom stereocenters. The van der Waals surface area contributed by atoms with Gasteiger partial charge in [0.15, 0.2) is 0 Å². The van der Waals surface area contributed by atoms with Crippen LogP contribution in [0.25, 0.3) is 0 Å². The minimum absolute atomic E-state index is 0.643. The van der Waals surface area contributed by atoms with Crippen LogP contribution in [0.2, 0.25) is 0 Å². The Bertz CT molecular complexity index is 280. The Labute approximate surface area is 96.3 Å². The number of nitrogens with zero attached hydrogens (tertiary/aromatic N) is 1. The molecule has 0 aromatic carbocycles. The molecular weight excluding hydrogens is 204 g/mol. The van der Waals surface area contributed by atoms with Crippen LogP contribution in [0.5, 0.6) is 0 Å². The molecule has 1 fully saturated rings. The van der Waals surface area contributed by atoms with Gasteiger partial charge in [0.05, 0.1) is 0 Å². The number of hydrogen-bond donors (Lipinski definition) is 1. The molecule has 15 heavy (non-hydrogen) atoms. The van der Waals surface area contributed by atoms with E-state index < -0.39 is 0 Å². The maximum atomic E-state index is 3.27. The Morgan fingerprint density at radius 3 is 2.93 bits per heavy atom. The summed E-state index contributed by atoms with van der Waals surface area (Å²) in [6.07, 6.45) is 2.78. The standard InChI is InChI=1S/C12H20N2S/c1-10(8-13-2)14(11-5-6-11)9-12-4-3-7-15-12/h3-4,7,10-11,13H,5-6,8-9H2,1-2H3. The van der Waals surface area contributed by atoms with Gasteiger partial charge in [-0.05, 0) is 38.3 Å². The van der Waals surface area contributed by atoms with Gasteiger partial charge in [0.1, 0.15) is 0 Å². The fraction of sp³-hybridized carbons (Fsp3) is 0.667. The van der Waals surface area contributed by atoms with E-state index in [1.807, 2.05) is 18.4 Å². The van der Waals surface area contributed by atoms with E-state index in [1.165, 1.54) is 17.7 Å². The van der Waals surface area contributed by atoms with Crippen LogP contribution in [0, 0.1) is 0 Å². The number of likely N-dealkylation sites (N-methyl/N-ethyl adjacent to an activating group) is 1. The third kappa shape index (κ3) is 3.03. The second-order valence-electron chi connectivity index (χ2n) is 4.39. The molecule has 1 saturated carbocycles. The van der Waals surface area contributed by atoms with Gasteiger partial charge < -0.3 is 5.32 Å². The third-order valence-electron chi connectivity index (χ3n) is 3.00. The van der Waals surface area contributed by atoms with E-state index in [0.29, 0.717) is 6.04 Å². The molecule has 0 saturated heterocycles. The van der Waals surface area contributed by atoms with Crippen molar-refractivity contribution < 1.29 is 0 Å². The van der Waals surface area contributed by atoms with Gasteiger partial charge >= 0.3 is 0 Å². The Morgan fingerprint density at radius 1 is 1.60 bits per heavy atom. The largest absolute Gasteiger partial charge is 0.318 e. The van der Waals surface area contributed by atoms with Crippen LogP contribution < -0.4 is 5.32 Å². The van der Waals surface area contributed by atoms with Gasteiger partial charge in [-0.3, -0.25) is 4.90 Å². The lowest BCUT2D eigenvalue weighted by molar-refractivity contribution is 0.189. The molecule has 1 aliphatic carbocycles. The monoisotopic (exact) mass is 224 g/mol. The molecule has 1 aromatic heterocycles. The first-order valence-corrected chi connectivity index (χ1v) is 6.62. The van der Waals surface area contributed by atoms with Crippen LogP contribution in [0.3, 0.4) is 0 Å². The van der Waals surface area contributed by atoms with Crippen LogP contribution in [0.4, 0.5) is 0 Å². The lowest BCUT2D eigenvalue weighted by Crippen LogP contribution is -2.40. The van der Waals surface area contributed by atoms with Crippen LogP contribution >= 0.6 is 11.3 Å². The molecule has 0 amide bonds. The summed E-state index contributed by atoms with van der Waals surface area (Å²) in [5, 5.41) is 5.44. The Morgan fingerprint density at radius 2 is 2.40 bits per heavy atom. The van der Waals surface area contributed by atoms with E-state index >= 15 is 0 Å². The number of nitrogens with one attached hydrogen (secondary N) is 1. The molecule has 3 heteroatoms. The first kappa shape index (κ1) is 11.1. The average molecular weight is 224 g/mol. The topological polar surface area (TPSA) is 15.3 Å².